The van der Waals surface area contributed by atoms with Crippen LogP contribution in [0.15, 0.2) is 0 Å². The summed E-state index contributed by atoms with van der Waals surface area (Å²) in [5.74, 6) is 5.08. The molecule has 0 aromatic carbocycles. The molecule has 1 rings (SSSR count). The highest BCUT2D eigenvalue weighted by Gasteiger charge is 2.45. The van der Waals surface area contributed by atoms with Crippen LogP contribution >= 0.6 is 0 Å². The van der Waals surface area contributed by atoms with Gasteiger partial charge in [0.05, 0.1) is 12.4 Å². The van der Waals surface area contributed by atoms with Crippen LogP contribution in [-0.4, -0.2) is 27.0 Å². The molecule has 66 valence electrons. The van der Waals surface area contributed by atoms with E-state index >= 15 is 0 Å². The Hall–Kier alpha value is -0.130. The van der Waals surface area contributed by atoms with Crippen molar-refractivity contribution in [3.63, 3.8) is 0 Å². The first-order valence-corrected chi connectivity index (χ1v) is 5.53. The fourth-order valence-corrected chi connectivity index (χ4v) is 2.72. The summed E-state index contributed by atoms with van der Waals surface area (Å²) in [6.45, 7) is 0.361. The maximum Gasteiger partial charge on any atom is 0.148 e. The first-order chi connectivity index (χ1) is 4.97. The van der Waals surface area contributed by atoms with Crippen LogP contribution < -0.4 is 5.90 Å². The molecule has 4 nitrogen and oxygen atoms in total. The molecule has 1 aliphatic carbocycles. The van der Waals surface area contributed by atoms with E-state index in [9.17, 15) is 8.42 Å². The monoisotopic (exact) mass is 179 g/mol. The maximum atomic E-state index is 10.9. The Kier molecular flexibility index (Phi) is 2.22. The van der Waals surface area contributed by atoms with Gasteiger partial charge in [-0.3, -0.25) is 0 Å². The predicted octanol–water partition coefficient (Wildman–Crippen LogP) is -0.299. The topological polar surface area (TPSA) is 69.4 Å². The standard InChI is InChI=1S/C6H13NO3S/c1-11(8,9)5-6(2-3-6)4-10-7/h2-5,7H2,1H3. The van der Waals surface area contributed by atoms with E-state index < -0.39 is 9.84 Å². The molecule has 5 heteroatoms. The quantitative estimate of drug-likeness (QED) is 0.602. The molecule has 1 saturated carbocycles. The second-order valence-electron chi connectivity index (χ2n) is 3.38. The van der Waals surface area contributed by atoms with Crippen molar-refractivity contribution in [1.29, 1.82) is 0 Å². The molecular formula is C6H13NO3S. The zero-order chi connectivity index (χ0) is 8.54. The Bertz CT molecular complexity index is 230. The summed E-state index contributed by atoms with van der Waals surface area (Å²) in [5.41, 5.74) is -0.150. The van der Waals surface area contributed by atoms with Gasteiger partial charge in [0, 0.05) is 11.7 Å². The molecular weight excluding hydrogens is 166 g/mol. The van der Waals surface area contributed by atoms with Crippen LogP contribution in [0.5, 0.6) is 0 Å². The number of hydrogen-bond donors (Lipinski definition) is 1. The predicted molar refractivity (Wildman–Crippen MR) is 41.5 cm³/mol. The van der Waals surface area contributed by atoms with Crippen LogP contribution in [0.25, 0.3) is 0 Å². The highest BCUT2D eigenvalue weighted by Crippen LogP contribution is 2.46. The van der Waals surface area contributed by atoms with Gasteiger partial charge in [-0.05, 0) is 12.8 Å². The molecule has 0 radical (unpaired) electrons. The number of sulfone groups is 1. The summed E-state index contributed by atoms with van der Waals surface area (Å²) in [5, 5.41) is 0. The van der Waals surface area contributed by atoms with Gasteiger partial charge in [0.2, 0.25) is 0 Å². The van der Waals surface area contributed by atoms with Crippen LogP contribution in [0.3, 0.4) is 0 Å². The van der Waals surface area contributed by atoms with Crippen LogP contribution in [-0.2, 0) is 14.7 Å². The molecule has 0 saturated heterocycles. The minimum atomic E-state index is -2.88. The van der Waals surface area contributed by atoms with Gasteiger partial charge < -0.3 is 4.84 Å². The van der Waals surface area contributed by atoms with E-state index in [0.717, 1.165) is 12.8 Å². The van der Waals surface area contributed by atoms with Crippen LogP contribution in [0, 0.1) is 5.41 Å². The largest absolute Gasteiger partial charge is 0.304 e. The lowest BCUT2D eigenvalue weighted by Crippen LogP contribution is -2.22. The lowest BCUT2D eigenvalue weighted by Gasteiger charge is -2.10. The van der Waals surface area contributed by atoms with Crippen LogP contribution in [0.4, 0.5) is 0 Å². The van der Waals surface area contributed by atoms with Gasteiger partial charge in [-0.25, -0.2) is 14.3 Å². The fourth-order valence-electron chi connectivity index (χ4n) is 1.24. The van der Waals surface area contributed by atoms with Crippen molar-refractivity contribution in [2.45, 2.75) is 12.8 Å². The third-order valence-corrected chi connectivity index (χ3v) is 3.05. The lowest BCUT2D eigenvalue weighted by atomic mass is 10.2. The summed E-state index contributed by atoms with van der Waals surface area (Å²) in [7, 11) is -2.88. The molecule has 0 unspecified atom stereocenters. The first kappa shape index (κ1) is 8.96. The molecule has 0 spiro atoms. The summed E-state index contributed by atoms with van der Waals surface area (Å²) in [6, 6.07) is 0. The Morgan fingerprint density at radius 2 is 2.09 bits per heavy atom. The molecule has 0 aromatic rings. The molecule has 2 N–H and O–H groups in total. The van der Waals surface area contributed by atoms with E-state index in [1.165, 1.54) is 6.26 Å². The SMILES string of the molecule is CS(=O)(=O)CC1(CON)CC1. The zero-order valence-corrected chi connectivity index (χ0v) is 7.36. The summed E-state index contributed by atoms with van der Waals surface area (Å²) < 4.78 is 21.7. The summed E-state index contributed by atoms with van der Waals surface area (Å²) >= 11 is 0. The number of nitrogens with two attached hydrogens (primary N) is 1. The van der Waals surface area contributed by atoms with Gasteiger partial charge in [-0.15, -0.1) is 0 Å². The van der Waals surface area contributed by atoms with Crippen molar-refractivity contribution in [3.05, 3.63) is 0 Å². The van der Waals surface area contributed by atoms with Gasteiger partial charge in [0.1, 0.15) is 9.84 Å². The Labute approximate surface area is 66.6 Å². The van der Waals surface area contributed by atoms with Crippen LogP contribution in [0.2, 0.25) is 0 Å². The van der Waals surface area contributed by atoms with Crippen molar-refractivity contribution in [2.75, 3.05) is 18.6 Å². The molecule has 1 aliphatic rings. The average molecular weight is 179 g/mol. The van der Waals surface area contributed by atoms with Gasteiger partial charge in [0.25, 0.3) is 0 Å². The molecule has 0 amide bonds. The van der Waals surface area contributed by atoms with Gasteiger partial charge in [-0.1, -0.05) is 0 Å². The maximum absolute atomic E-state index is 10.9. The van der Waals surface area contributed by atoms with E-state index in [-0.39, 0.29) is 11.2 Å². The van der Waals surface area contributed by atoms with E-state index in [2.05, 4.69) is 4.84 Å². The van der Waals surface area contributed by atoms with Crippen molar-refractivity contribution in [2.24, 2.45) is 11.3 Å². The van der Waals surface area contributed by atoms with Crippen molar-refractivity contribution in [3.8, 4) is 0 Å². The van der Waals surface area contributed by atoms with Crippen molar-refractivity contribution >= 4 is 9.84 Å². The van der Waals surface area contributed by atoms with Crippen molar-refractivity contribution in [1.82, 2.24) is 0 Å². The molecule has 0 aliphatic heterocycles. The highest BCUT2D eigenvalue weighted by atomic mass is 32.2. The lowest BCUT2D eigenvalue weighted by molar-refractivity contribution is 0.0994. The Balaban J connectivity index is 2.48. The molecule has 0 aromatic heterocycles. The van der Waals surface area contributed by atoms with E-state index in [1.54, 1.807) is 0 Å². The minimum absolute atomic E-state index is 0.150. The first-order valence-electron chi connectivity index (χ1n) is 3.47. The molecule has 0 heterocycles. The normalized spacial score (nSPS) is 21.6. The smallest absolute Gasteiger partial charge is 0.148 e. The summed E-state index contributed by atoms with van der Waals surface area (Å²) in [6.07, 6.45) is 3.07. The van der Waals surface area contributed by atoms with E-state index in [4.69, 9.17) is 5.90 Å². The van der Waals surface area contributed by atoms with Gasteiger partial charge >= 0.3 is 0 Å². The van der Waals surface area contributed by atoms with E-state index in [0.29, 0.717) is 6.61 Å². The second-order valence-corrected chi connectivity index (χ2v) is 5.52. The molecule has 11 heavy (non-hydrogen) atoms. The van der Waals surface area contributed by atoms with Gasteiger partial charge in [0.15, 0.2) is 0 Å². The number of hydrogen-bond acceptors (Lipinski definition) is 4. The third-order valence-electron chi connectivity index (χ3n) is 1.92. The van der Waals surface area contributed by atoms with E-state index in [1.807, 2.05) is 0 Å². The molecule has 1 fully saturated rings. The molecule has 0 atom stereocenters. The summed E-state index contributed by atoms with van der Waals surface area (Å²) in [4.78, 5) is 4.45. The second kappa shape index (κ2) is 2.73. The van der Waals surface area contributed by atoms with Crippen LogP contribution in [0.1, 0.15) is 12.8 Å². The molecule has 0 bridgehead atoms. The fraction of sp³-hybridized carbons (Fsp3) is 1.00. The third kappa shape index (κ3) is 2.76. The number of rotatable bonds is 4. The average Bonchev–Trinajstić information content (AvgIpc) is 2.44. The Morgan fingerprint density at radius 3 is 2.36 bits per heavy atom. The van der Waals surface area contributed by atoms with Crippen molar-refractivity contribution < 1.29 is 13.3 Å². The Morgan fingerprint density at radius 1 is 1.55 bits per heavy atom. The zero-order valence-electron chi connectivity index (χ0n) is 6.54. The van der Waals surface area contributed by atoms with Gasteiger partial charge in [-0.2, -0.15) is 0 Å². The highest BCUT2D eigenvalue weighted by molar-refractivity contribution is 7.90. The minimum Gasteiger partial charge on any atom is -0.304 e.